The van der Waals surface area contributed by atoms with Gasteiger partial charge >= 0.3 is 11.9 Å². The van der Waals surface area contributed by atoms with E-state index in [9.17, 15) is 24.3 Å². The minimum Gasteiger partial charge on any atom is -0.481 e. The molecule has 1 aromatic carbocycles. The molecule has 1 unspecified atom stereocenters. The van der Waals surface area contributed by atoms with Gasteiger partial charge in [-0.3, -0.25) is 24.1 Å². The van der Waals surface area contributed by atoms with Crippen LogP contribution in [0, 0.1) is 56.2 Å². The number of allylic oxidation sites excluding steroid dienone is 1. The van der Waals surface area contributed by atoms with E-state index in [1.807, 2.05) is 36.2 Å². The summed E-state index contributed by atoms with van der Waals surface area (Å²) >= 11 is 6.21. The summed E-state index contributed by atoms with van der Waals surface area (Å²) in [6.45, 7) is 21.6. The Kier molecular flexibility index (Phi) is 10.3. The standard InChI is InChI=1S/C47H67ClN2O6/c1-28(2)39-32(51)23-47(35-26-50(27-37(52)49(35)10)25-29-11-13-30(48)14-12-29)22-21-45(8)31(40(39)47)15-16-34-44(7)19-18-36(56-38(53)24-42(3,4)41(54)55)43(5,6)33(44)17-20-46(34,45)9/h11-14,28,31,33-36H,15-27H2,1-10H3,(H,54,55)/t31-,33+,34-,35-,36+,44+,45-,46-,47?/m1/s1. The zero-order chi connectivity index (χ0) is 41.0. The molecular formula is C47H67ClN2O6. The Morgan fingerprint density at radius 3 is 2.25 bits per heavy atom. The lowest BCUT2D eigenvalue weighted by Gasteiger charge is -2.72. The lowest BCUT2D eigenvalue weighted by Crippen LogP contribution is -2.67. The van der Waals surface area contributed by atoms with Gasteiger partial charge in [-0.15, -0.1) is 0 Å². The third-order valence-corrected chi connectivity index (χ3v) is 17.7. The number of amides is 1. The maximum Gasteiger partial charge on any atom is 0.309 e. The first-order chi connectivity index (χ1) is 26.0. The molecule has 0 aromatic heterocycles. The smallest absolute Gasteiger partial charge is 0.309 e. The molecule has 9 heteroatoms. The molecule has 1 N–H and O–H groups in total. The van der Waals surface area contributed by atoms with Crippen molar-refractivity contribution in [1.82, 2.24) is 9.80 Å². The van der Waals surface area contributed by atoms with Gasteiger partial charge in [-0.05, 0) is 128 Å². The summed E-state index contributed by atoms with van der Waals surface area (Å²) in [7, 11) is 1.98. The Morgan fingerprint density at radius 2 is 1.61 bits per heavy atom. The normalized spacial score (nSPS) is 38.5. The van der Waals surface area contributed by atoms with E-state index in [0.717, 1.165) is 69.0 Å². The number of carbonyl (C=O) groups is 4. The van der Waals surface area contributed by atoms with Gasteiger partial charge in [0.15, 0.2) is 5.78 Å². The number of carboxylic acids is 1. The Labute approximate surface area is 340 Å². The molecule has 8 nitrogen and oxygen atoms in total. The number of ketones is 1. The number of hydrogen-bond acceptors (Lipinski definition) is 6. The Morgan fingerprint density at radius 1 is 0.929 bits per heavy atom. The van der Waals surface area contributed by atoms with Crippen molar-refractivity contribution >= 4 is 35.2 Å². The largest absolute Gasteiger partial charge is 0.481 e. The summed E-state index contributed by atoms with van der Waals surface area (Å²) in [6, 6.07) is 7.84. The monoisotopic (exact) mass is 790 g/mol. The number of hydrogen-bond donors (Lipinski definition) is 1. The number of Topliss-reactive ketones (excluding diaryl/α,β-unsaturated/α-hetero) is 1. The Bertz CT molecular complexity index is 1820. The van der Waals surface area contributed by atoms with Crippen LogP contribution in [-0.4, -0.2) is 70.8 Å². The number of ether oxygens (including phenoxy) is 1. The van der Waals surface area contributed by atoms with Crippen molar-refractivity contribution < 1.29 is 29.0 Å². The van der Waals surface area contributed by atoms with Crippen LogP contribution < -0.4 is 0 Å². The highest BCUT2D eigenvalue weighted by Gasteiger charge is 2.71. The number of nitrogens with zero attached hydrogens (tertiary/aromatic N) is 2. The summed E-state index contributed by atoms with van der Waals surface area (Å²) in [5, 5.41) is 10.4. The van der Waals surface area contributed by atoms with Crippen LogP contribution in [0.15, 0.2) is 35.4 Å². The van der Waals surface area contributed by atoms with Gasteiger partial charge in [0, 0.05) is 42.4 Å². The Balaban J connectivity index is 1.19. The maximum absolute atomic E-state index is 14.4. The molecule has 5 fully saturated rings. The van der Waals surface area contributed by atoms with Gasteiger partial charge in [0.2, 0.25) is 5.91 Å². The van der Waals surface area contributed by atoms with Gasteiger partial charge in [-0.2, -0.15) is 0 Å². The van der Waals surface area contributed by atoms with Crippen LogP contribution in [0.25, 0.3) is 0 Å². The first kappa shape index (κ1) is 41.4. The van der Waals surface area contributed by atoms with Gasteiger partial charge in [0.1, 0.15) is 6.10 Å². The van der Waals surface area contributed by atoms with Crippen LogP contribution in [-0.2, 0) is 30.5 Å². The van der Waals surface area contributed by atoms with Crippen LogP contribution in [0.5, 0.6) is 0 Å². The number of likely N-dealkylation sites (N-methyl/N-ethyl adjacent to an activating group) is 1. The van der Waals surface area contributed by atoms with Crippen molar-refractivity contribution in [3.05, 3.63) is 46.0 Å². The number of fused-ring (bicyclic) bond motifs is 7. The lowest BCUT2D eigenvalue weighted by molar-refractivity contribution is -0.234. The quantitative estimate of drug-likeness (QED) is 0.262. The second kappa shape index (κ2) is 14.0. The van der Waals surface area contributed by atoms with Gasteiger partial charge in [0.05, 0.1) is 24.4 Å². The van der Waals surface area contributed by atoms with Crippen LogP contribution in [0.2, 0.25) is 5.02 Å². The molecule has 0 spiro atoms. The highest BCUT2D eigenvalue weighted by atomic mass is 35.5. The molecular weight excluding hydrogens is 724 g/mol. The van der Waals surface area contributed by atoms with Gasteiger partial charge in [-0.1, -0.05) is 77.8 Å². The van der Waals surface area contributed by atoms with Crippen molar-refractivity contribution in [3.8, 4) is 0 Å². The number of aliphatic carboxylic acids is 1. The number of carboxylic acid groups (broad SMARTS) is 1. The summed E-state index contributed by atoms with van der Waals surface area (Å²) in [4.78, 5) is 57.6. The van der Waals surface area contributed by atoms with E-state index in [1.54, 1.807) is 13.8 Å². The molecule has 9 atom stereocenters. The maximum atomic E-state index is 14.4. The summed E-state index contributed by atoms with van der Waals surface area (Å²) in [5.41, 5.74) is 1.89. The minimum absolute atomic E-state index is 0.0103. The number of halogens is 1. The van der Waals surface area contributed by atoms with E-state index in [-0.39, 0.29) is 63.4 Å². The summed E-state index contributed by atoms with van der Waals surface area (Å²) in [5.74, 6) is 0.250. The average molecular weight is 792 g/mol. The number of piperazine rings is 1. The molecule has 1 aliphatic heterocycles. The lowest BCUT2D eigenvalue weighted by atomic mass is 9.32. The third-order valence-electron chi connectivity index (χ3n) is 17.5. The first-order valence-corrected chi connectivity index (χ1v) is 21.8. The first-order valence-electron chi connectivity index (χ1n) is 21.4. The molecule has 4 saturated carbocycles. The van der Waals surface area contributed by atoms with Crippen LogP contribution in [0.3, 0.4) is 0 Å². The molecule has 308 valence electrons. The topological polar surface area (TPSA) is 104 Å². The van der Waals surface area contributed by atoms with Gasteiger partial charge in [-0.25, -0.2) is 0 Å². The van der Waals surface area contributed by atoms with Crippen LogP contribution in [0.4, 0.5) is 0 Å². The van der Waals surface area contributed by atoms with E-state index in [4.69, 9.17) is 16.3 Å². The highest BCUT2D eigenvalue weighted by molar-refractivity contribution is 6.30. The minimum atomic E-state index is -1.17. The SMILES string of the molecule is CC(C)C1=C2[C@H]3CC[C@@H]4[C@@]5(C)CC[C@H](OC(=O)CC(C)(C)C(=O)O)C(C)(C)[C@@H]5CC[C@@]4(C)[C@]3(C)CCC2([C@H]2CN(Cc3ccc(Cl)cc3)CC(=O)N2C)CC1=O. The fourth-order valence-corrected chi connectivity index (χ4v) is 14.5. The van der Waals surface area contributed by atoms with E-state index < -0.39 is 17.4 Å². The Hall–Kier alpha value is -2.71. The van der Waals surface area contributed by atoms with E-state index >= 15 is 0 Å². The molecule has 1 aromatic rings. The molecule has 1 heterocycles. The zero-order valence-corrected chi connectivity index (χ0v) is 36.5. The number of rotatable bonds is 8. The molecule has 0 bridgehead atoms. The molecule has 7 rings (SSSR count). The highest BCUT2D eigenvalue weighted by Crippen LogP contribution is 2.77. The molecule has 1 saturated heterocycles. The number of carbonyl (C=O) groups excluding carboxylic acids is 3. The van der Waals surface area contributed by atoms with Gasteiger partial charge in [0.25, 0.3) is 0 Å². The van der Waals surface area contributed by atoms with E-state index in [0.29, 0.717) is 42.2 Å². The van der Waals surface area contributed by atoms with Crippen molar-refractivity contribution in [2.75, 3.05) is 20.1 Å². The summed E-state index contributed by atoms with van der Waals surface area (Å²) in [6.07, 6.45) is 8.08. The number of esters is 1. The van der Waals surface area contributed by atoms with Crippen molar-refractivity contribution in [3.63, 3.8) is 0 Å². The molecule has 56 heavy (non-hydrogen) atoms. The third kappa shape index (κ3) is 6.23. The predicted octanol–water partition coefficient (Wildman–Crippen LogP) is 9.38. The molecule has 5 aliphatic carbocycles. The molecule has 6 aliphatic rings. The second-order valence-corrected chi connectivity index (χ2v) is 21.8. The van der Waals surface area contributed by atoms with Gasteiger partial charge < -0.3 is 14.7 Å². The number of benzene rings is 1. The average Bonchev–Trinajstić information content (AvgIpc) is 3.41. The molecule has 0 radical (unpaired) electrons. The summed E-state index contributed by atoms with van der Waals surface area (Å²) < 4.78 is 6.20. The zero-order valence-electron chi connectivity index (χ0n) is 35.7. The van der Waals surface area contributed by atoms with Crippen LogP contribution >= 0.6 is 11.6 Å². The fourth-order valence-electron chi connectivity index (χ4n) is 14.3. The van der Waals surface area contributed by atoms with Crippen molar-refractivity contribution in [2.45, 2.75) is 145 Å². The van der Waals surface area contributed by atoms with Crippen molar-refractivity contribution in [1.29, 1.82) is 0 Å². The second-order valence-electron chi connectivity index (χ2n) is 21.4. The molecule has 1 amide bonds. The van der Waals surface area contributed by atoms with Crippen molar-refractivity contribution in [2.24, 2.45) is 56.2 Å². The van der Waals surface area contributed by atoms with E-state index in [1.165, 1.54) is 5.57 Å². The fraction of sp³-hybridized carbons (Fsp3) is 0.745. The predicted molar refractivity (Wildman–Crippen MR) is 219 cm³/mol. The van der Waals surface area contributed by atoms with E-state index in [2.05, 4.69) is 53.4 Å². The van der Waals surface area contributed by atoms with Crippen LogP contribution in [0.1, 0.15) is 132 Å².